The normalized spacial score (nSPS) is 10.4. The summed E-state index contributed by atoms with van der Waals surface area (Å²) in [5.74, 6) is -0.259. The third-order valence-electron chi connectivity index (χ3n) is 2.86. The van der Waals surface area contributed by atoms with Gasteiger partial charge in [-0.25, -0.2) is 4.39 Å². The molecule has 0 saturated carbocycles. The van der Waals surface area contributed by atoms with Crippen molar-refractivity contribution in [3.05, 3.63) is 57.9 Å². The highest BCUT2D eigenvalue weighted by Crippen LogP contribution is 2.30. The first-order valence-electron chi connectivity index (χ1n) is 5.55. The molecule has 0 aromatic heterocycles. The molecule has 0 bridgehead atoms. The first-order chi connectivity index (χ1) is 8.52. The number of hydrogen-bond donors (Lipinski definition) is 0. The molecule has 0 radical (unpaired) electrons. The molecule has 2 aromatic rings. The minimum Gasteiger partial charge on any atom is -0.298 e. The summed E-state index contributed by atoms with van der Waals surface area (Å²) >= 11 is 6.05. The lowest BCUT2D eigenvalue weighted by Crippen LogP contribution is -1.92. The zero-order chi connectivity index (χ0) is 13.3. The number of aldehydes is 1. The summed E-state index contributed by atoms with van der Waals surface area (Å²) in [7, 11) is 0. The average Bonchev–Trinajstić information content (AvgIpc) is 2.32. The molecule has 0 saturated heterocycles. The van der Waals surface area contributed by atoms with Crippen molar-refractivity contribution < 1.29 is 9.18 Å². The number of hydrogen-bond acceptors (Lipinski definition) is 1. The highest BCUT2D eigenvalue weighted by Gasteiger charge is 2.10. The lowest BCUT2D eigenvalue weighted by molar-refractivity contribution is 0.112. The zero-order valence-corrected chi connectivity index (χ0v) is 10.9. The second-order valence-corrected chi connectivity index (χ2v) is 4.70. The summed E-state index contributed by atoms with van der Waals surface area (Å²) < 4.78 is 13.3. The number of carbonyl (C=O) groups excluding carboxylic acids is 1. The van der Waals surface area contributed by atoms with Gasteiger partial charge in [-0.2, -0.15) is 0 Å². The third-order valence-corrected chi connectivity index (χ3v) is 3.17. The largest absolute Gasteiger partial charge is 0.298 e. The van der Waals surface area contributed by atoms with Crippen LogP contribution < -0.4 is 0 Å². The summed E-state index contributed by atoms with van der Waals surface area (Å²) in [6.07, 6.45) is 0.732. The van der Waals surface area contributed by atoms with E-state index in [0.29, 0.717) is 16.1 Å². The van der Waals surface area contributed by atoms with Crippen LogP contribution in [0, 0.1) is 19.7 Å². The average molecular weight is 263 g/mol. The smallest absolute Gasteiger partial charge is 0.152 e. The Bertz CT molecular complexity index is 620. The van der Waals surface area contributed by atoms with Crippen LogP contribution >= 0.6 is 11.6 Å². The molecule has 0 spiro atoms. The Morgan fingerprint density at radius 3 is 2.50 bits per heavy atom. The maximum Gasteiger partial charge on any atom is 0.152 e. The van der Waals surface area contributed by atoms with Gasteiger partial charge in [-0.15, -0.1) is 0 Å². The molecule has 3 heteroatoms. The van der Waals surface area contributed by atoms with E-state index in [9.17, 15) is 9.18 Å². The van der Waals surface area contributed by atoms with Gasteiger partial charge < -0.3 is 0 Å². The van der Waals surface area contributed by atoms with Crippen molar-refractivity contribution in [3.8, 4) is 11.1 Å². The summed E-state index contributed by atoms with van der Waals surface area (Å²) in [4.78, 5) is 11.1. The fourth-order valence-electron chi connectivity index (χ4n) is 1.92. The number of rotatable bonds is 2. The van der Waals surface area contributed by atoms with Gasteiger partial charge >= 0.3 is 0 Å². The number of benzene rings is 2. The zero-order valence-electron chi connectivity index (χ0n) is 10.1. The van der Waals surface area contributed by atoms with Gasteiger partial charge in [0.05, 0.1) is 5.02 Å². The Kier molecular flexibility index (Phi) is 3.48. The van der Waals surface area contributed by atoms with Crippen LogP contribution in [0.2, 0.25) is 5.02 Å². The van der Waals surface area contributed by atoms with Crippen molar-refractivity contribution in [2.45, 2.75) is 13.8 Å². The second kappa shape index (κ2) is 4.91. The minimum atomic E-state index is -0.259. The van der Waals surface area contributed by atoms with Crippen molar-refractivity contribution in [1.82, 2.24) is 0 Å². The Hall–Kier alpha value is -1.67. The van der Waals surface area contributed by atoms with Crippen molar-refractivity contribution in [2.75, 3.05) is 0 Å². The second-order valence-electron chi connectivity index (χ2n) is 4.29. The van der Waals surface area contributed by atoms with Gasteiger partial charge in [0.2, 0.25) is 0 Å². The van der Waals surface area contributed by atoms with Crippen LogP contribution in [0.3, 0.4) is 0 Å². The van der Waals surface area contributed by atoms with Crippen LogP contribution in [0.4, 0.5) is 4.39 Å². The van der Waals surface area contributed by atoms with Crippen LogP contribution in [0.15, 0.2) is 30.3 Å². The summed E-state index contributed by atoms with van der Waals surface area (Å²) in [6, 6.07) is 8.39. The predicted molar refractivity (Wildman–Crippen MR) is 71.7 cm³/mol. The van der Waals surface area contributed by atoms with Gasteiger partial charge in [-0.05, 0) is 54.3 Å². The maximum absolute atomic E-state index is 13.3. The van der Waals surface area contributed by atoms with E-state index in [1.54, 1.807) is 25.1 Å². The van der Waals surface area contributed by atoms with Crippen LogP contribution in [-0.2, 0) is 0 Å². The molecular weight excluding hydrogens is 251 g/mol. The topological polar surface area (TPSA) is 17.1 Å². The van der Waals surface area contributed by atoms with Crippen molar-refractivity contribution >= 4 is 17.9 Å². The van der Waals surface area contributed by atoms with Crippen molar-refractivity contribution in [1.29, 1.82) is 0 Å². The third kappa shape index (κ3) is 2.29. The number of carbonyl (C=O) groups is 1. The van der Waals surface area contributed by atoms with E-state index in [0.717, 1.165) is 23.0 Å². The molecule has 1 nitrogen and oxygen atoms in total. The standard InChI is InChI=1S/C15H12ClFO/c1-9-5-12(13(8-18)14(16)6-9)11-3-4-15(17)10(2)7-11/h3-8H,1-2H3. The van der Waals surface area contributed by atoms with Crippen molar-refractivity contribution in [3.63, 3.8) is 0 Å². The Labute approximate surface area is 110 Å². The fourth-order valence-corrected chi connectivity index (χ4v) is 2.24. The fraction of sp³-hybridized carbons (Fsp3) is 0.133. The van der Waals surface area contributed by atoms with Gasteiger partial charge in [0.25, 0.3) is 0 Å². The molecule has 2 aromatic carbocycles. The monoisotopic (exact) mass is 262 g/mol. The Morgan fingerprint density at radius 1 is 1.17 bits per heavy atom. The molecule has 0 N–H and O–H groups in total. The molecule has 92 valence electrons. The van der Waals surface area contributed by atoms with E-state index in [2.05, 4.69) is 0 Å². The van der Waals surface area contributed by atoms with Gasteiger partial charge in [0.1, 0.15) is 5.82 Å². The summed E-state index contributed by atoms with van der Waals surface area (Å²) in [5, 5.41) is 0.418. The molecule has 0 atom stereocenters. The maximum atomic E-state index is 13.3. The van der Waals surface area contributed by atoms with E-state index in [1.807, 2.05) is 13.0 Å². The molecule has 2 rings (SSSR count). The number of halogens is 2. The lowest BCUT2D eigenvalue weighted by Gasteiger charge is -2.09. The van der Waals surface area contributed by atoms with E-state index in [-0.39, 0.29) is 5.82 Å². The predicted octanol–water partition coefficient (Wildman–Crippen LogP) is 4.58. The SMILES string of the molecule is Cc1cc(Cl)c(C=O)c(-c2ccc(F)c(C)c2)c1. The Morgan fingerprint density at radius 2 is 1.89 bits per heavy atom. The van der Waals surface area contributed by atoms with Gasteiger partial charge in [0, 0.05) is 5.56 Å². The molecule has 0 aliphatic heterocycles. The van der Waals surface area contributed by atoms with E-state index < -0.39 is 0 Å². The molecule has 0 aliphatic carbocycles. The van der Waals surface area contributed by atoms with Gasteiger partial charge in [-0.1, -0.05) is 23.7 Å². The van der Waals surface area contributed by atoms with Gasteiger partial charge in [0.15, 0.2) is 6.29 Å². The first-order valence-corrected chi connectivity index (χ1v) is 5.92. The van der Waals surface area contributed by atoms with E-state index in [1.165, 1.54) is 6.07 Å². The molecular formula is C15H12ClFO. The molecule has 18 heavy (non-hydrogen) atoms. The minimum absolute atomic E-state index is 0.259. The summed E-state index contributed by atoms with van der Waals surface area (Å²) in [5.41, 5.74) is 3.47. The lowest BCUT2D eigenvalue weighted by atomic mass is 9.97. The highest BCUT2D eigenvalue weighted by atomic mass is 35.5. The van der Waals surface area contributed by atoms with E-state index in [4.69, 9.17) is 11.6 Å². The Balaban J connectivity index is 2.69. The van der Waals surface area contributed by atoms with Crippen LogP contribution in [0.5, 0.6) is 0 Å². The molecule has 0 fully saturated rings. The molecule has 0 amide bonds. The van der Waals surface area contributed by atoms with Crippen molar-refractivity contribution in [2.24, 2.45) is 0 Å². The quantitative estimate of drug-likeness (QED) is 0.724. The number of aryl methyl sites for hydroxylation is 2. The molecule has 0 unspecified atom stereocenters. The van der Waals surface area contributed by atoms with Crippen LogP contribution in [0.1, 0.15) is 21.5 Å². The summed E-state index contributed by atoms with van der Waals surface area (Å²) in [6.45, 7) is 3.59. The van der Waals surface area contributed by atoms with E-state index >= 15 is 0 Å². The molecule has 0 heterocycles. The van der Waals surface area contributed by atoms with Gasteiger partial charge in [-0.3, -0.25) is 4.79 Å². The van der Waals surface area contributed by atoms with Crippen LogP contribution in [0.25, 0.3) is 11.1 Å². The molecule has 0 aliphatic rings. The van der Waals surface area contributed by atoms with Crippen LogP contribution in [-0.4, -0.2) is 6.29 Å². The first kappa shape index (κ1) is 12.8. The highest BCUT2D eigenvalue weighted by molar-refractivity contribution is 6.33.